The standard InChI is InChI=1S/C20H17NO3S2/c1-3-13-6-10-16(11-7-13)21-18(22)17(26-20(21)25)12-14-4-8-15(9-5-14)19(23)24-2/h4-12H,3H2,1-2H3/b17-12-. The van der Waals surface area contributed by atoms with Gasteiger partial charge < -0.3 is 4.74 Å². The molecule has 0 aliphatic carbocycles. The van der Waals surface area contributed by atoms with Gasteiger partial charge in [0.1, 0.15) is 0 Å². The molecule has 0 bridgehead atoms. The number of anilines is 1. The number of methoxy groups -OCH3 is 1. The molecule has 6 heteroatoms. The Balaban J connectivity index is 1.83. The maximum atomic E-state index is 12.8. The van der Waals surface area contributed by atoms with Crippen molar-refractivity contribution < 1.29 is 14.3 Å². The van der Waals surface area contributed by atoms with Crippen LogP contribution < -0.4 is 4.90 Å². The Morgan fingerprint density at radius 1 is 1.15 bits per heavy atom. The number of amides is 1. The Morgan fingerprint density at radius 3 is 2.38 bits per heavy atom. The lowest BCUT2D eigenvalue weighted by molar-refractivity contribution is -0.113. The molecule has 0 unspecified atom stereocenters. The number of carbonyl (C=O) groups excluding carboxylic acids is 2. The quantitative estimate of drug-likeness (QED) is 0.444. The SMILES string of the molecule is CCc1ccc(N2C(=O)/C(=C/c3ccc(C(=O)OC)cc3)SC2=S)cc1. The van der Waals surface area contributed by atoms with Gasteiger partial charge in [-0.3, -0.25) is 9.69 Å². The molecule has 0 spiro atoms. The van der Waals surface area contributed by atoms with Gasteiger partial charge in [0.25, 0.3) is 5.91 Å². The van der Waals surface area contributed by atoms with E-state index in [1.54, 1.807) is 35.2 Å². The normalized spacial score (nSPS) is 15.6. The fourth-order valence-electron chi connectivity index (χ4n) is 2.56. The molecule has 4 nitrogen and oxygen atoms in total. The van der Waals surface area contributed by atoms with Gasteiger partial charge in [-0.15, -0.1) is 0 Å². The van der Waals surface area contributed by atoms with E-state index in [0.29, 0.717) is 14.8 Å². The van der Waals surface area contributed by atoms with Gasteiger partial charge in [-0.1, -0.05) is 55.2 Å². The summed E-state index contributed by atoms with van der Waals surface area (Å²) in [5, 5.41) is 0. The van der Waals surface area contributed by atoms with Gasteiger partial charge in [0.15, 0.2) is 4.32 Å². The van der Waals surface area contributed by atoms with Crippen LogP contribution in [0.2, 0.25) is 0 Å². The van der Waals surface area contributed by atoms with Gasteiger partial charge in [-0.25, -0.2) is 4.79 Å². The molecule has 1 amide bonds. The summed E-state index contributed by atoms with van der Waals surface area (Å²) in [5.74, 6) is -0.528. The Morgan fingerprint density at radius 2 is 1.81 bits per heavy atom. The van der Waals surface area contributed by atoms with Gasteiger partial charge >= 0.3 is 5.97 Å². The van der Waals surface area contributed by atoms with Crippen molar-refractivity contribution in [3.63, 3.8) is 0 Å². The molecule has 1 saturated heterocycles. The Bertz CT molecular complexity index is 886. The number of carbonyl (C=O) groups is 2. The van der Waals surface area contributed by atoms with Crippen molar-refractivity contribution in [2.45, 2.75) is 13.3 Å². The Hall–Kier alpha value is -2.44. The third-order valence-corrected chi connectivity index (χ3v) is 5.33. The highest BCUT2D eigenvalue weighted by Gasteiger charge is 2.33. The molecule has 132 valence electrons. The van der Waals surface area contributed by atoms with Crippen LogP contribution in [0.5, 0.6) is 0 Å². The van der Waals surface area contributed by atoms with Crippen LogP contribution in [0.4, 0.5) is 5.69 Å². The number of hydrogen-bond acceptors (Lipinski definition) is 5. The number of ether oxygens (including phenoxy) is 1. The monoisotopic (exact) mass is 383 g/mol. The first-order chi connectivity index (χ1) is 12.5. The lowest BCUT2D eigenvalue weighted by Gasteiger charge is -2.14. The highest BCUT2D eigenvalue weighted by molar-refractivity contribution is 8.27. The molecular formula is C20H17NO3S2. The average Bonchev–Trinajstić information content (AvgIpc) is 2.95. The number of benzene rings is 2. The van der Waals surface area contributed by atoms with E-state index in [0.717, 1.165) is 17.7 Å². The number of thiocarbonyl (C=S) groups is 1. The summed E-state index contributed by atoms with van der Waals surface area (Å²) in [4.78, 5) is 26.4. The molecule has 0 atom stereocenters. The lowest BCUT2D eigenvalue weighted by atomic mass is 10.1. The summed E-state index contributed by atoms with van der Waals surface area (Å²) >= 11 is 6.66. The zero-order valence-electron chi connectivity index (χ0n) is 14.4. The van der Waals surface area contributed by atoms with Crippen molar-refractivity contribution in [1.29, 1.82) is 0 Å². The van der Waals surface area contributed by atoms with E-state index < -0.39 is 5.97 Å². The predicted molar refractivity (Wildman–Crippen MR) is 109 cm³/mol. The summed E-state index contributed by atoms with van der Waals surface area (Å²) in [6.45, 7) is 2.09. The first kappa shape index (κ1) is 18.4. The van der Waals surface area contributed by atoms with Crippen molar-refractivity contribution in [3.8, 4) is 0 Å². The van der Waals surface area contributed by atoms with Crippen LogP contribution in [0, 0.1) is 0 Å². The van der Waals surface area contributed by atoms with Crippen molar-refractivity contribution in [1.82, 2.24) is 0 Å². The largest absolute Gasteiger partial charge is 0.465 e. The summed E-state index contributed by atoms with van der Waals surface area (Å²) < 4.78 is 5.19. The van der Waals surface area contributed by atoms with Crippen LogP contribution in [0.3, 0.4) is 0 Å². The van der Waals surface area contributed by atoms with Gasteiger partial charge in [-0.05, 0) is 47.9 Å². The van der Waals surface area contributed by atoms with Crippen molar-refractivity contribution >= 4 is 51.9 Å². The maximum absolute atomic E-state index is 12.8. The minimum Gasteiger partial charge on any atom is -0.465 e. The minimum atomic E-state index is -0.390. The molecule has 0 saturated carbocycles. The number of hydrogen-bond donors (Lipinski definition) is 0. The van der Waals surface area contributed by atoms with Gasteiger partial charge in [0.05, 0.1) is 23.3 Å². The molecule has 0 radical (unpaired) electrons. The van der Waals surface area contributed by atoms with Crippen LogP contribution in [-0.4, -0.2) is 23.3 Å². The molecule has 2 aromatic carbocycles. The fourth-order valence-corrected chi connectivity index (χ4v) is 3.85. The molecular weight excluding hydrogens is 366 g/mol. The Labute approximate surface area is 161 Å². The number of esters is 1. The topological polar surface area (TPSA) is 46.6 Å². The zero-order chi connectivity index (χ0) is 18.7. The predicted octanol–water partition coefficient (Wildman–Crippen LogP) is 4.44. The number of nitrogens with zero attached hydrogens (tertiary/aromatic N) is 1. The molecule has 0 N–H and O–H groups in total. The second-order valence-electron chi connectivity index (χ2n) is 5.65. The highest BCUT2D eigenvalue weighted by Crippen LogP contribution is 2.36. The van der Waals surface area contributed by atoms with E-state index in [4.69, 9.17) is 12.2 Å². The maximum Gasteiger partial charge on any atom is 0.337 e. The third kappa shape index (κ3) is 3.71. The van der Waals surface area contributed by atoms with Crippen molar-refractivity contribution in [2.24, 2.45) is 0 Å². The second kappa shape index (κ2) is 7.85. The van der Waals surface area contributed by atoms with E-state index in [2.05, 4.69) is 11.7 Å². The summed E-state index contributed by atoms with van der Waals surface area (Å²) in [7, 11) is 1.34. The summed E-state index contributed by atoms with van der Waals surface area (Å²) in [6, 6.07) is 14.7. The number of rotatable bonds is 4. The van der Waals surface area contributed by atoms with Crippen LogP contribution >= 0.6 is 24.0 Å². The van der Waals surface area contributed by atoms with E-state index in [-0.39, 0.29) is 5.91 Å². The van der Waals surface area contributed by atoms with Gasteiger partial charge in [0.2, 0.25) is 0 Å². The van der Waals surface area contributed by atoms with Gasteiger partial charge in [-0.2, -0.15) is 0 Å². The van der Waals surface area contributed by atoms with Crippen molar-refractivity contribution in [3.05, 3.63) is 70.1 Å². The molecule has 1 aliphatic rings. The molecule has 2 aromatic rings. The molecule has 1 heterocycles. The molecule has 26 heavy (non-hydrogen) atoms. The van der Waals surface area contributed by atoms with Crippen LogP contribution in [0.15, 0.2) is 53.4 Å². The molecule has 0 aromatic heterocycles. The van der Waals surface area contributed by atoms with Crippen molar-refractivity contribution in [2.75, 3.05) is 12.0 Å². The number of aryl methyl sites for hydroxylation is 1. The van der Waals surface area contributed by atoms with Gasteiger partial charge in [0, 0.05) is 0 Å². The molecule has 1 aliphatic heterocycles. The lowest BCUT2D eigenvalue weighted by Crippen LogP contribution is -2.27. The summed E-state index contributed by atoms with van der Waals surface area (Å²) in [5.41, 5.74) is 3.27. The Kier molecular flexibility index (Phi) is 5.54. The number of thioether (sulfide) groups is 1. The summed E-state index contributed by atoms with van der Waals surface area (Å²) in [6.07, 6.45) is 2.72. The highest BCUT2D eigenvalue weighted by atomic mass is 32.2. The average molecular weight is 383 g/mol. The first-order valence-corrected chi connectivity index (χ1v) is 9.31. The van der Waals surface area contributed by atoms with E-state index >= 15 is 0 Å². The first-order valence-electron chi connectivity index (χ1n) is 8.08. The van der Waals surface area contributed by atoms with Crippen LogP contribution in [-0.2, 0) is 16.0 Å². The van der Waals surface area contributed by atoms with Crippen LogP contribution in [0.1, 0.15) is 28.4 Å². The molecule has 1 fully saturated rings. The minimum absolute atomic E-state index is 0.138. The van der Waals surface area contributed by atoms with Crippen LogP contribution in [0.25, 0.3) is 6.08 Å². The zero-order valence-corrected chi connectivity index (χ0v) is 16.0. The van der Waals surface area contributed by atoms with E-state index in [9.17, 15) is 9.59 Å². The van der Waals surface area contributed by atoms with E-state index in [1.807, 2.05) is 24.3 Å². The third-order valence-electron chi connectivity index (χ3n) is 4.03. The van der Waals surface area contributed by atoms with E-state index in [1.165, 1.54) is 24.4 Å². The molecule has 3 rings (SSSR count). The second-order valence-corrected chi connectivity index (χ2v) is 7.33. The smallest absolute Gasteiger partial charge is 0.337 e. The fraction of sp³-hybridized carbons (Fsp3) is 0.150.